The Balaban J connectivity index is 0.00000103. The van der Waals surface area contributed by atoms with Gasteiger partial charge in [-0.2, -0.15) is 13.2 Å². The van der Waals surface area contributed by atoms with E-state index in [1.165, 1.54) is 32.1 Å². The van der Waals surface area contributed by atoms with Crippen LogP contribution < -0.4 is 5.73 Å². The standard InChI is InChI=1S/C18H33NO4.C2HF3O2/c1-4-5-6-7-8-9-10-11-15-18(23-16(20)12-19)17(21-3)14(2)13-22-15;3-2(4,5)1(6)7/h10-11,14-15,17-18H,4-9,12-13,19H2,1-3H3;(H,6,7)/t14-,15-,17+,18-;/m0./s1. The van der Waals surface area contributed by atoms with E-state index in [-0.39, 0.29) is 24.7 Å². The Labute approximate surface area is 175 Å². The Kier molecular flexibility index (Phi) is 14.4. The van der Waals surface area contributed by atoms with Crippen molar-refractivity contribution in [3.8, 4) is 0 Å². The lowest BCUT2D eigenvalue weighted by molar-refractivity contribution is -0.192. The van der Waals surface area contributed by atoms with Crippen molar-refractivity contribution in [1.82, 2.24) is 0 Å². The molecule has 1 aliphatic rings. The van der Waals surface area contributed by atoms with Crippen molar-refractivity contribution in [3.63, 3.8) is 0 Å². The highest BCUT2D eigenvalue weighted by Crippen LogP contribution is 2.26. The van der Waals surface area contributed by atoms with E-state index in [1.807, 2.05) is 13.0 Å². The highest BCUT2D eigenvalue weighted by Gasteiger charge is 2.40. The van der Waals surface area contributed by atoms with Crippen LogP contribution in [0.4, 0.5) is 13.2 Å². The number of methoxy groups -OCH3 is 1. The molecule has 0 aromatic rings. The molecule has 30 heavy (non-hydrogen) atoms. The number of carbonyl (C=O) groups excluding carboxylic acids is 1. The third kappa shape index (κ3) is 11.5. The van der Waals surface area contributed by atoms with Gasteiger partial charge in [-0.05, 0) is 12.8 Å². The lowest BCUT2D eigenvalue weighted by Crippen LogP contribution is -2.52. The summed E-state index contributed by atoms with van der Waals surface area (Å²) in [6, 6.07) is 0. The molecule has 1 rings (SSSR count). The molecule has 1 fully saturated rings. The molecule has 4 atom stereocenters. The van der Waals surface area contributed by atoms with Crippen LogP contribution in [0.5, 0.6) is 0 Å². The molecule has 176 valence electrons. The maximum atomic E-state index is 11.6. The van der Waals surface area contributed by atoms with Crippen LogP contribution in [0.3, 0.4) is 0 Å². The molecule has 0 spiro atoms. The predicted molar refractivity (Wildman–Crippen MR) is 105 cm³/mol. The summed E-state index contributed by atoms with van der Waals surface area (Å²) in [6.07, 6.45) is 5.51. The van der Waals surface area contributed by atoms with Gasteiger partial charge in [-0.15, -0.1) is 0 Å². The monoisotopic (exact) mass is 441 g/mol. The molecule has 1 heterocycles. The third-order valence-electron chi connectivity index (χ3n) is 4.51. The van der Waals surface area contributed by atoms with Crippen LogP contribution in [0.1, 0.15) is 52.4 Å². The van der Waals surface area contributed by atoms with E-state index < -0.39 is 24.2 Å². The van der Waals surface area contributed by atoms with Crippen LogP contribution in [0.2, 0.25) is 0 Å². The number of hydrogen-bond donors (Lipinski definition) is 2. The van der Waals surface area contributed by atoms with Gasteiger partial charge in [-0.3, -0.25) is 4.79 Å². The Morgan fingerprint density at radius 2 is 1.80 bits per heavy atom. The number of rotatable bonds is 10. The molecule has 0 unspecified atom stereocenters. The van der Waals surface area contributed by atoms with Crippen LogP contribution in [0.15, 0.2) is 12.2 Å². The zero-order valence-electron chi connectivity index (χ0n) is 17.8. The van der Waals surface area contributed by atoms with Crippen molar-refractivity contribution < 1.29 is 42.1 Å². The molecule has 10 heteroatoms. The quantitative estimate of drug-likeness (QED) is 0.304. The third-order valence-corrected chi connectivity index (χ3v) is 4.51. The van der Waals surface area contributed by atoms with Crippen molar-refractivity contribution in [2.75, 3.05) is 20.3 Å². The van der Waals surface area contributed by atoms with E-state index in [4.69, 9.17) is 29.8 Å². The summed E-state index contributed by atoms with van der Waals surface area (Å²) in [5.74, 6) is -3.01. The number of carboxylic acids is 1. The molecule has 0 aromatic heterocycles. The average molecular weight is 441 g/mol. The van der Waals surface area contributed by atoms with E-state index >= 15 is 0 Å². The van der Waals surface area contributed by atoms with Gasteiger partial charge in [0, 0.05) is 13.0 Å². The zero-order valence-corrected chi connectivity index (χ0v) is 17.8. The van der Waals surface area contributed by atoms with Crippen molar-refractivity contribution in [2.45, 2.75) is 76.9 Å². The molecule has 0 aromatic carbocycles. The van der Waals surface area contributed by atoms with Gasteiger partial charge in [-0.25, -0.2) is 4.79 Å². The molecule has 0 aliphatic carbocycles. The number of esters is 1. The summed E-state index contributed by atoms with van der Waals surface area (Å²) < 4.78 is 48.6. The van der Waals surface area contributed by atoms with Gasteiger partial charge in [0.15, 0.2) is 6.10 Å². The molecule has 7 nitrogen and oxygen atoms in total. The lowest BCUT2D eigenvalue weighted by atomic mass is 9.93. The number of alkyl halides is 3. The lowest BCUT2D eigenvalue weighted by Gasteiger charge is -2.39. The minimum absolute atomic E-state index is 0.130. The Hall–Kier alpha value is -1.65. The largest absolute Gasteiger partial charge is 0.490 e. The van der Waals surface area contributed by atoms with E-state index in [2.05, 4.69) is 13.0 Å². The highest BCUT2D eigenvalue weighted by molar-refractivity contribution is 5.73. The van der Waals surface area contributed by atoms with Gasteiger partial charge in [0.05, 0.1) is 13.2 Å². The van der Waals surface area contributed by atoms with Crippen molar-refractivity contribution in [2.24, 2.45) is 11.7 Å². The molecule has 0 radical (unpaired) electrons. The van der Waals surface area contributed by atoms with Crippen LogP contribution in [0, 0.1) is 5.92 Å². The topological polar surface area (TPSA) is 108 Å². The molecule has 0 bridgehead atoms. The fraction of sp³-hybridized carbons (Fsp3) is 0.800. The molecule has 1 aliphatic heterocycles. The summed E-state index contributed by atoms with van der Waals surface area (Å²) in [5, 5.41) is 7.12. The maximum absolute atomic E-state index is 11.6. The summed E-state index contributed by atoms with van der Waals surface area (Å²) in [7, 11) is 1.64. The van der Waals surface area contributed by atoms with Gasteiger partial charge < -0.3 is 25.1 Å². The van der Waals surface area contributed by atoms with Gasteiger partial charge in [0.25, 0.3) is 0 Å². The van der Waals surface area contributed by atoms with Crippen LogP contribution >= 0.6 is 0 Å². The van der Waals surface area contributed by atoms with Gasteiger partial charge >= 0.3 is 18.1 Å². The number of hydrogen-bond acceptors (Lipinski definition) is 6. The van der Waals surface area contributed by atoms with Crippen LogP contribution in [-0.2, 0) is 23.8 Å². The fourth-order valence-electron chi connectivity index (χ4n) is 2.92. The molecule has 1 saturated heterocycles. The SMILES string of the molecule is CCCCCCCC=C[C@@H]1OC[C@H](C)[C@@H](OC)[C@H]1OC(=O)CN.O=C(O)C(F)(F)F. The highest BCUT2D eigenvalue weighted by atomic mass is 19.4. The summed E-state index contributed by atoms with van der Waals surface area (Å²) >= 11 is 0. The first-order valence-corrected chi connectivity index (χ1v) is 10.1. The Morgan fingerprint density at radius 1 is 1.20 bits per heavy atom. The molecule has 0 amide bonds. The molecule has 0 saturated carbocycles. The van der Waals surface area contributed by atoms with Gasteiger partial charge in [0.2, 0.25) is 0 Å². The Bertz CT molecular complexity index is 527. The number of ether oxygens (including phenoxy) is 3. The van der Waals surface area contributed by atoms with E-state index in [1.54, 1.807) is 7.11 Å². The smallest absolute Gasteiger partial charge is 0.475 e. The number of unbranched alkanes of at least 4 members (excludes halogenated alkanes) is 5. The number of nitrogens with two attached hydrogens (primary N) is 1. The molecular formula is C20H34F3NO6. The maximum Gasteiger partial charge on any atom is 0.490 e. The summed E-state index contributed by atoms with van der Waals surface area (Å²) in [4.78, 5) is 20.5. The van der Waals surface area contributed by atoms with Gasteiger partial charge in [0.1, 0.15) is 12.2 Å². The normalized spacial score (nSPS) is 24.2. The second-order valence-corrected chi connectivity index (χ2v) is 7.07. The predicted octanol–water partition coefficient (Wildman–Crippen LogP) is 3.46. The first kappa shape index (κ1) is 28.4. The molecule has 3 N–H and O–H groups in total. The average Bonchev–Trinajstić information content (AvgIpc) is 2.68. The van der Waals surface area contributed by atoms with E-state index in [0.717, 1.165) is 6.42 Å². The Morgan fingerprint density at radius 3 is 2.30 bits per heavy atom. The minimum atomic E-state index is -5.08. The van der Waals surface area contributed by atoms with Gasteiger partial charge in [-0.1, -0.05) is 51.7 Å². The van der Waals surface area contributed by atoms with Crippen molar-refractivity contribution in [1.29, 1.82) is 0 Å². The van der Waals surface area contributed by atoms with Crippen LogP contribution in [0.25, 0.3) is 0 Å². The fourth-order valence-corrected chi connectivity index (χ4v) is 2.92. The molecular weight excluding hydrogens is 407 g/mol. The van der Waals surface area contributed by atoms with E-state index in [0.29, 0.717) is 6.61 Å². The summed E-state index contributed by atoms with van der Waals surface area (Å²) in [5.41, 5.74) is 5.36. The number of carboxylic acid groups (broad SMARTS) is 1. The number of carbonyl (C=O) groups is 2. The number of aliphatic carboxylic acids is 1. The number of allylic oxidation sites excluding steroid dienone is 1. The first-order chi connectivity index (χ1) is 14.1. The van der Waals surface area contributed by atoms with E-state index in [9.17, 15) is 18.0 Å². The number of halogens is 3. The van der Waals surface area contributed by atoms with Crippen molar-refractivity contribution >= 4 is 11.9 Å². The second kappa shape index (κ2) is 15.2. The zero-order chi connectivity index (χ0) is 23.2. The first-order valence-electron chi connectivity index (χ1n) is 10.1. The van der Waals surface area contributed by atoms with Crippen molar-refractivity contribution in [3.05, 3.63) is 12.2 Å². The minimum Gasteiger partial charge on any atom is -0.475 e. The summed E-state index contributed by atoms with van der Waals surface area (Å²) in [6.45, 7) is 4.72. The van der Waals surface area contributed by atoms with Crippen LogP contribution in [-0.4, -0.2) is 61.8 Å². The second-order valence-electron chi connectivity index (χ2n) is 7.07.